The average Bonchev–Trinajstić information content (AvgIpc) is 2.95. The van der Waals surface area contributed by atoms with Gasteiger partial charge in [-0.1, -0.05) is 6.07 Å². The van der Waals surface area contributed by atoms with E-state index in [1.807, 2.05) is 18.5 Å². The van der Waals surface area contributed by atoms with Crippen LogP contribution in [-0.2, 0) is 13.6 Å². The molecular weight excluding hydrogens is 427 g/mol. The lowest BCUT2D eigenvalue weighted by atomic mass is 9.82. The lowest BCUT2D eigenvalue weighted by Crippen LogP contribution is -2.36. The Morgan fingerprint density at radius 3 is 2.75 bits per heavy atom. The lowest BCUT2D eigenvalue weighted by Gasteiger charge is -2.32. The Morgan fingerprint density at radius 1 is 1.25 bits per heavy atom. The minimum atomic E-state index is -0.292. The summed E-state index contributed by atoms with van der Waals surface area (Å²) in [5.41, 5.74) is 2.34. The molecular formula is C19H22BrFN6O. The van der Waals surface area contributed by atoms with Crippen LogP contribution in [0.3, 0.4) is 0 Å². The lowest BCUT2D eigenvalue weighted by molar-refractivity contribution is 0.0313. The Balaban J connectivity index is 1.59. The molecule has 28 heavy (non-hydrogen) atoms. The molecule has 1 aliphatic carbocycles. The highest BCUT2D eigenvalue weighted by atomic mass is 79.9. The molecule has 2 aromatic heterocycles. The summed E-state index contributed by atoms with van der Waals surface area (Å²) in [7, 11) is 1.92. The highest BCUT2D eigenvalue weighted by Crippen LogP contribution is 2.28. The summed E-state index contributed by atoms with van der Waals surface area (Å²) >= 11 is 3.22. The van der Waals surface area contributed by atoms with Gasteiger partial charge in [0.15, 0.2) is 11.5 Å². The van der Waals surface area contributed by atoms with E-state index in [1.54, 1.807) is 12.1 Å². The Labute approximate surface area is 170 Å². The number of aliphatic hydroxyl groups is 1. The number of imidazole rings is 1. The highest BCUT2D eigenvalue weighted by Gasteiger charge is 2.28. The van der Waals surface area contributed by atoms with Gasteiger partial charge in [-0.2, -0.15) is 9.97 Å². The highest BCUT2D eigenvalue weighted by molar-refractivity contribution is 9.10. The normalized spacial score (nSPS) is 18.9. The third kappa shape index (κ3) is 3.68. The minimum absolute atomic E-state index is 0.234. The molecule has 1 aliphatic rings. The van der Waals surface area contributed by atoms with Crippen LogP contribution < -0.4 is 10.6 Å². The Kier molecular flexibility index (Phi) is 5.20. The zero-order valence-corrected chi connectivity index (χ0v) is 17.3. The van der Waals surface area contributed by atoms with Crippen molar-refractivity contribution in [3.63, 3.8) is 0 Å². The van der Waals surface area contributed by atoms with Gasteiger partial charge in [0.1, 0.15) is 17.2 Å². The molecule has 0 unspecified atom stereocenters. The van der Waals surface area contributed by atoms with Crippen LogP contribution in [0, 0.1) is 18.7 Å². The van der Waals surface area contributed by atoms with Crippen LogP contribution in [-0.4, -0.2) is 37.3 Å². The first-order valence-electron chi connectivity index (χ1n) is 9.23. The van der Waals surface area contributed by atoms with Crippen molar-refractivity contribution < 1.29 is 9.50 Å². The second-order valence-corrected chi connectivity index (χ2v) is 8.03. The average molecular weight is 449 g/mol. The van der Waals surface area contributed by atoms with Gasteiger partial charge in [-0.3, -0.25) is 0 Å². The standard InChI is InChI=1S/C19H22BrFN6O/c1-10-24-18-16(27(10)2)17(22-8-11-3-5-14(21)13(20)7-11)25-19(26-18)23-9-12-4-6-15(12)28/h3,5,7,12,15,28H,4,6,8-9H2,1-2H3,(H2,22,23,25,26)/t12-,15+/m0/s1. The predicted molar refractivity (Wildman–Crippen MR) is 110 cm³/mol. The molecule has 0 radical (unpaired) electrons. The van der Waals surface area contributed by atoms with E-state index >= 15 is 0 Å². The van der Waals surface area contributed by atoms with Crippen molar-refractivity contribution in [2.75, 3.05) is 17.2 Å². The molecule has 0 spiro atoms. The van der Waals surface area contributed by atoms with Gasteiger partial charge in [-0.15, -0.1) is 0 Å². The van der Waals surface area contributed by atoms with Crippen LogP contribution in [0.25, 0.3) is 11.2 Å². The zero-order valence-electron chi connectivity index (χ0n) is 15.7. The summed E-state index contributed by atoms with van der Waals surface area (Å²) in [6, 6.07) is 4.91. The Morgan fingerprint density at radius 2 is 2.07 bits per heavy atom. The van der Waals surface area contributed by atoms with Crippen molar-refractivity contribution in [2.45, 2.75) is 32.4 Å². The van der Waals surface area contributed by atoms with E-state index in [2.05, 4.69) is 41.5 Å². The first-order valence-corrected chi connectivity index (χ1v) is 10.0. The maximum absolute atomic E-state index is 13.5. The zero-order chi connectivity index (χ0) is 19.8. The van der Waals surface area contributed by atoms with E-state index in [9.17, 15) is 9.50 Å². The van der Waals surface area contributed by atoms with Crippen LogP contribution in [0.2, 0.25) is 0 Å². The predicted octanol–water partition coefficient (Wildman–Crippen LogP) is 3.37. The van der Waals surface area contributed by atoms with Crippen molar-refractivity contribution in [3.05, 3.63) is 39.9 Å². The van der Waals surface area contributed by atoms with Gasteiger partial charge in [0, 0.05) is 26.1 Å². The number of nitrogens with zero attached hydrogens (tertiary/aromatic N) is 4. The first-order chi connectivity index (χ1) is 13.4. The first kappa shape index (κ1) is 19.1. The number of benzene rings is 1. The van der Waals surface area contributed by atoms with Gasteiger partial charge in [0.05, 0.1) is 10.6 Å². The summed E-state index contributed by atoms with van der Waals surface area (Å²) in [4.78, 5) is 13.7. The number of aryl methyl sites for hydroxylation is 2. The fraction of sp³-hybridized carbons (Fsp3) is 0.421. The second-order valence-electron chi connectivity index (χ2n) is 7.17. The molecule has 4 rings (SSSR count). The number of hydrogen-bond donors (Lipinski definition) is 3. The topological polar surface area (TPSA) is 87.9 Å². The second kappa shape index (κ2) is 7.63. The Bertz CT molecular complexity index is 1020. The minimum Gasteiger partial charge on any atom is -0.393 e. The third-order valence-corrected chi connectivity index (χ3v) is 5.91. The van der Waals surface area contributed by atoms with Crippen LogP contribution >= 0.6 is 15.9 Å². The van der Waals surface area contributed by atoms with Crippen LogP contribution in [0.5, 0.6) is 0 Å². The van der Waals surface area contributed by atoms with Gasteiger partial charge < -0.3 is 20.3 Å². The number of anilines is 2. The molecule has 1 aromatic carbocycles. The van der Waals surface area contributed by atoms with Gasteiger partial charge in [-0.05, 0) is 53.4 Å². The van der Waals surface area contributed by atoms with Crippen molar-refractivity contribution >= 4 is 38.9 Å². The number of halogens is 2. The molecule has 9 heteroatoms. The SMILES string of the molecule is Cc1nc2nc(NC[C@@H]3CC[C@H]3O)nc(NCc3ccc(F)c(Br)c3)c2n1C. The van der Waals surface area contributed by atoms with Crippen LogP contribution in [0.15, 0.2) is 22.7 Å². The molecule has 1 saturated carbocycles. The monoisotopic (exact) mass is 448 g/mol. The van der Waals surface area contributed by atoms with Crippen molar-refractivity contribution in [3.8, 4) is 0 Å². The number of aromatic nitrogens is 4. The largest absolute Gasteiger partial charge is 0.393 e. The van der Waals surface area contributed by atoms with E-state index < -0.39 is 0 Å². The fourth-order valence-electron chi connectivity index (χ4n) is 3.27. The third-order valence-electron chi connectivity index (χ3n) is 5.30. The maximum Gasteiger partial charge on any atom is 0.226 e. The summed E-state index contributed by atoms with van der Waals surface area (Å²) in [5.74, 6) is 1.92. The van der Waals surface area contributed by atoms with Crippen molar-refractivity contribution in [1.82, 2.24) is 19.5 Å². The number of nitrogens with one attached hydrogen (secondary N) is 2. The summed E-state index contributed by atoms with van der Waals surface area (Å²) in [6.07, 6.45) is 1.61. The van der Waals surface area contributed by atoms with Crippen LogP contribution in [0.4, 0.5) is 16.2 Å². The molecule has 0 aliphatic heterocycles. The fourth-order valence-corrected chi connectivity index (χ4v) is 3.70. The molecule has 7 nitrogen and oxygen atoms in total. The van der Waals surface area contributed by atoms with Gasteiger partial charge in [0.2, 0.25) is 5.95 Å². The van der Waals surface area contributed by atoms with Gasteiger partial charge in [0.25, 0.3) is 0 Å². The quantitative estimate of drug-likeness (QED) is 0.535. The summed E-state index contributed by atoms with van der Waals surface area (Å²) in [6.45, 7) is 3.03. The van der Waals surface area contributed by atoms with Gasteiger partial charge >= 0.3 is 0 Å². The van der Waals surface area contributed by atoms with Gasteiger partial charge in [-0.25, -0.2) is 9.37 Å². The van der Waals surface area contributed by atoms with E-state index in [0.717, 1.165) is 29.7 Å². The molecule has 3 N–H and O–H groups in total. The number of hydrogen-bond acceptors (Lipinski definition) is 6. The molecule has 1 fully saturated rings. The molecule has 0 saturated heterocycles. The Hall–Kier alpha value is -2.26. The van der Waals surface area contributed by atoms with E-state index in [-0.39, 0.29) is 17.8 Å². The van der Waals surface area contributed by atoms with E-state index in [0.29, 0.717) is 35.0 Å². The van der Waals surface area contributed by atoms with E-state index in [4.69, 9.17) is 0 Å². The molecule has 148 valence electrons. The molecule has 2 heterocycles. The van der Waals surface area contributed by atoms with Crippen molar-refractivity contribution in [1.29, 1.82) is 0 Å². The summed E-state index contributed by atoms with van der Waals surface area (Å²) < 4.78 is 15.8. The molecule has 3 aromatic rings. The molecule has 0 amide bonds. The molecule has 0 bridgehead atoms. The summed E-state index contributed by atoms with van der Waals surface area (Å²) in [5, 5.41) is 16.3. The van der Waals surface area contributed by atoms with E-state index in [1.165, 1.54) is 6.07 Å². The molecule has 2 atom stereocenters. The van der Waals surface area contributed by atoms with Crippen LogP contribution in [0.1, 0.15) is 24.2 Å². The number of rotatable bonds is 6. The smallest absolute Gasteiger partial charge is 0.226 e. The number of fused-ring (bicyclic) bond motifs is 1. The number of aliphatic hydroxyl groups excluding tert-OH is 1. The van der Waals surface area contributed by atoms with Crippen molar-refractivity contribution in [2.24, 2.45) is 13.0 Å². The maximum atomic E-state index is 13.5.